The lowest BCUT2D eigenvalue weighted by Crippen LogP contribution is -2.43. The highest BCUT2D eigenvalue weighted by Crippen LogP contribution is 2.37. The van der Waals surface area contributed by atoms with E-state index in [0.717, 1.165) is 12.0 Å². The molecule has 4 rings (SSSR count). The molecule has 0 spiro atoms. The van der Waals surface area contributed by atoms with E-state index in [1.165, 1.54) is 0 Å². The largest absolute Gasteiger partial charge is 0.379 e. The number of ether oxygens (including phenoxy) is 1. The van der Waals surface area contributed by atoms with Gasteiger partial charge in [0, 0.05) is 43.8 Å². The van der Waals surface area contributed by atoms with Crippen molar-refractivity contribution in [3.63, 3.8) is 0 Å². The number of nitrogens with one attached hydrogen (secondary N) is 2. The van der Waals surface area contributed by atoms with E-state index in [1.54, 1.807) is 47.4 Å². The zero-order valence-electron chi connectivity index (χ0n) is 18.6. The van der Waals surface area contributed by atoms with Gasteiger partial charge in [-0.25, -0.2) is 9.18 Å². The summed E-state index contributed by atoms with van der Waals surface area (Å²) in [6, 6.07) is 13.4. The average molecular weight is 451 g/mol. The van der Waals surface area contributed by atoms with Crippen molar-refractivity contribution in [3.05, 3.63) is 64.7 Å². The fourth-order valence-corrected chi connectivity index (χ4v) is 4.30. The van der Waals surface area contributed by atoms with Crippen LogP contribution >= 0.6 is 0 Å². The van der Waals surface area contributed by atoms with Gasteiger partial charge < -0.3 is 20.3 Å². The summed E-state index contributed by atoms with van der Waals surface area (Å²) < 4.78 is 20.8. The molecule has 2 aliphatic rings. The fourth-order valence-electron chi connectivity index (χ4n) is 4.30. The Morgan fingerprint density at radius 2 is 1.91 bits per heavy atom. The molecule has 3 amide bonds. The van der Waals surface area contributed by atoms with Crippen molar-refractivity contribution in [2.45, 2.75) is 37.9 Å². The van der Waals surface area contributed by atoms with Gasteiger partial charge in [0.25, 0.3) is 5.91 Å². The molecule has 172 valence electrons. The molecule has 2 heterocycles. The van der Waals surface area contributed by atoms with Gasteiger partial charge in [0.2, 0.25) is 0 Å². The number of amides is 3. The molecule has 0 aliphatic carbocycles. The SMILES string of the molecule is Cc1ccc(NC(=O)N[C@@H]2CCOC2)cc1C(=O)N1CCC(F)(c2ccc(C#N)cc2)CC1. The standard InChI is InChI=1S/C25H27FN4O3/c1-17-2-7-20(28-24(32)29-21-8-13-33-16-21)14-22(17)23(31)30-11-9-25(26,10-12-30)19-5-3-18(15-27)4-6-19/h2-7,14,21H,8-13,16H2,1H3,(H2,28,29,32)/t21-/m1/s1. The lowest BCUT2D eigenvalue weighted by atomic mass is 9.85. The minimum absolute atomic E-state index is 0.0121. The smallest absolute Gasteiger partial charge is 0.319 e. The van der Waals surface area contributed by atoms with Crippen LogP contribution in [0.15, 0.2) is 42.5 Å². The summed E-state index contributed by atoms with van der Waals surface area (Å²) in [5.74, 6) is -0.178. The van der Waals surface area contributed by atoms with Gasteiger partial charge in [0.05, 0.1) is 24.3 Å². The van der Waals surface area contributed by atoms with E-state index in [2.05, 4.69) is 10.6 Å². The first-order valence-corrected chi connectivity index (χ1v) is 11.1. The van der Waals surface area contributed by atoms with Crippen LogP contribution in [0.5, 0.6) is 0 Å². The van der Waals surface area contributed by atoms with Gasteiger partial charge >= 0.3 is 6.03 Å². The lowest BCUT2D eigenvalue weighted by molar-refractivity contribution is 0.0421. The molecule has 2 aromatic carbocycles. The molecule has 2 aromatic rings. The van der Waals surface area contributed by atoms with Crippen molar-refractivity contribution < 1.29 is 18.7 Å². The predicted octanol–water partition coefficient (Wildman–Crippen LogP) is 3.88. The third kappa shape index (κ3) is 5.15. The minimum atomic E-state index is -1.52. The van der Waals surface area contributed by atoms with Gasteiger partial charge in [-0.1, -0.05) is 18.2 Å². The minimum Gasteiger partial charge on any atom is -0.379 e. The summed E-state index contributed by atoms with van der Waals surface area (Å²) >= 11 is 0. The van der Waals surface area contributed by atoms with Gasteiger partial charge in [0.15, 0.2) is 0 Å². The molecule has 0 unspecified atom stereocenters. The Kier molecular flexibility index (Phi) is 6.61. The number of aryl methyl sites for hydroxylation is 1. The molecule has 0 bridgehead atoms. The molecule has 0 saturated carbocycles. The first kappa shape index (κ1) is 22.7. The van der Waals surface area contributed by atoms with Crippen LogP contribution in [-0.2, 0) is 10.4 Å². The molecular formula is C25H27FN4O3. The number of benzene rings is 2. The normalized spacial score (nSPS) is 19.5. The molecule has 7 nitrogen and oxygen atoms in total. The number of hydrogen-bond acceptors (Lipinski definition) is 4. The number of anilines is 1. The van der Waals surface area contributed by atoms with E-state index in [9.17, 15) is 9.59 Å². The highest BCUT2D eigenvalue weighted by atomic mass is 19.1. The van der Waals surface area contributed by atoms with E-state index in [-0.39, 0.29) is 43.9 Å². The number of rotatable bonds is 4. The number of piperidine rings is 1. The predicted molar refractivity (Wildman–Crippen MR) is 122 cm³/mol. The maximum atomic E-state index is 15.5. The van der Waals surface area contributed by atoms with Crippen molar-refractivity contribution in [2.75, 3.05) is 31.6 Å². The molecule has 0 radical (unpaired) electrons. The van der Waals surface area contributed by atoms with Crippen molar-refractivity contribution in [2.24, 2.45) is 0 Å². The second-order valence-corrected chi connectivity index (χ2v) is 8.64. The summed E-state index contributed by atoms with van der Waals surface area (Å²) in [5, 5.41) is 14.6. The number of nitriles is 1. The van der Waals surface area contributed by atoms with Gasteiger partial charge in [-0.05, 0) is 48.7 Å². The quantitative estimate of drug-likeness (QED) is 0.739. The van der Waals surface area contributed by atoms with Gasteiger partial charge in [-0.2, -0.15) is 5.26 Å². The Morgan fingerprint density at radius 3 is 2.55 bits per heavy atom. The highest BCUT2D eigenvalue weighted by Gasteiger charge is 2.38. The number of carbonyl (C=O) groups is 2. The fraction of sp³-hybridized carbons (Fsp3) is 0.400. The second-order valence-electron chi connectivity index (χ2n) is 8.64. The van der Waals surface area contributed by atoms with Crippen molar-refractivity contribution in [3.8, 4) is 6.07 Å². The molecular weight excluding hydrogens is 423 g/mol. The molecule has 8 heteroatoms. The molecule has 2 aliphatic heterocycles. The van der Waals surface area contributed by atoms with Gasteiger partial charge in [0.1, 0.15) is 5.67 Å². The van der Waals surface area contributed by atoms with Crippen LogP contribution in [0.2, 0.25) is 0 Å². The summed E-state index contributed by atoms with van der Waals surface area (Å²) in [4.78, 5) is 27.1. The Hall–Kier alpha value is -3.44. The number of likely N-dealkylation sites (tertiary alicyclic amines) is 1. The first-order valence-electron chi connectivity index (χ1n) is 11.1. The lowest BCUT2D eigenvalue weighted by Gasteiger charge is -2.37. The third-order valence-corrected chi connectivity index (χ3v) is 6.37. The summed E-state index contributed by atoms with van der Waals surface area (Å²) in [6.07, 6.45) is 1.15. The van der Waals surface area contributed by atoms with Crippen molar-refractivity contribution >= 4 is 17.6 Å². The number of halogens is 1. The van der Waals surface area contributed by atoms with Crippen LogP contribution in [0.3, 0.4) is 0 Å². The van der Waals surface area contributed by atoms with Crippen LogP contribution in [0, 0.1) is 18.3 Å². The van der Waals surface area contributed by atoms with E-state index in [0.29, 0.717) is 35.6 Å². The first-order chi connectivity index (χ1) is 15.9. The topological polar surface area (TPSA) is 94.5 Å². The number of nitrogens with zero attached hydrogens (tertiary/aromatic N) is 2. The molecule has 2 N–H and O–H groups in total. The Labute approximate surface area is 192 Å². The summed E-state index contributed by atoms with van der Waals surface area (Å²) in [6.45, 7) is 3.55. The number of carbonyl (C=O) groups excluding carboxylic acids is 2. The summed E-state index contributed by atoms with van der Waals surface area (Å²) in [5.41, 5.74) is 1.31. The monoisotopic (exact) mass is 450 g/mol. The van der Waals surface area contributed by atoms with Gasteiger partial charge in [-0.15, -0.1) is 0 Å². The Morgan fingerprint density at radius 1 is 1.18 bits per heavy atom. The van der Waals surface area contributed by atoms with Crippen LogP contribution in [0.4, 0.5) is 14.9 Å². The zero-order chi connectivity index (χ0) is 23.4. The molecule has 33 heavy (non-hydrogen) atoms. The Balaban J connectivity index is 1.40. The van der Waals surface area contributed by atoms with E-state index < -0.39 is 5.67 Å². The third-order valence-electron chi connectivity index (χ3n) is 6.37. The zero-order valence-corrected chi connectivity index (χ0v) is 18.6. The van der Waals surface area contributed by atoms with Crippen LogP contribution in [-0.4, -0.2) is 49.2 Å². The van der Waals surface area contributed by atoms with E-state index in [1.807, 2.05) is 13.0 Å². The summed E-state index contributed by atoms with van der Waals surface area (Å²) in [7, 11) is 0. The maximum absolute atomic E-state index is 15.5. The number of hydrogen-bond donors (Lipinski definition) is 2. The second kappa shape index (κ2) is 9.59. The maximum Gasteiger partial charge on any atom is 0.319 e. The van der Waals surface area contributed by atoms with Crippen molar-refractivity contribution in [1.29, 1.82) is 5.26 Å². The highest BCUT2D eigenvalue weighted by molar-refractivity contribution is 5.98. The molecule has 0 aromatic heterocycles. The molecule has 2 fully saturated rings. The Bertz CT molecular complexity index is 1070. The molecule has 2 saturated heterocycles. The van der Waals surface area contributed by atoms with Crippen LogP contribution in [0.1, 0.15) is 46.3 Å². The van der Waals surface area contributed by atoms with Crippen molar-refractivity contribution in [1.82, 2.24) is 10.2 Å². The van der Waals surface area contributed by atoms with Crippen LogP contribution < -0.4 is 10.6 Å². The van der Waals surface area contributed by atoms with E-state index in [4.69, 9.17) is 10.00 Å². The van der Waals surface area contributed by atoms with Crippen LogP contribution in [0.25, 0.3) is 0 Å². The molecule has 1 atom stereocenters. The average Bonchev–Trinajstić information content (AvgIpc) is 3.33. The number of urea groups is 1. The van der Waals surface area contributed by atoms with Gasteiger partial charge in [-0.3, -0.25) is 4.79 Å². The van der Waals surface area contributed by atoms with E-state index >= 15 is 4.39 Å². The number of alkyl halides is 1.